The number of hydrogen-bond donors (Lipinski definition) is 1. The van der Waals surface area contributed by atoms with Crippen molar-refractivity contribution in [1.29, 1.82) is 0 Å². The van der Waals surface area contributed by atoms with Crippen molar-refractivity contribution in [3.05, 3.63) is 23.4 Å². The van der Waals surface area contributed by atoms with Crippen molar-refractivity contribution in [3.63, 3.8) is 0 Å². The fourth-order valence-electron chi connectivity index (χ4n) is 2.00. The SMILES string of the molecule is CC1CC(Nc2cccc(Cl)n2)CN1C. The predicted molar refractivity (Wildman–Crippen MR) is 63.4 cm³/mol. The molecule has 82 valence electrons. The van der Waals surface area contributed by atoms with Crippen LogP contribution >= 0.6 is 11.6 Å². The number of aromatic nitrogens is 1. The maximum Gasteiger partial charge on any atom is 0.131 e. The lowest BCUT2D eigenvalue weighted by Crippen LogP contribution is -2.25. The van der Waals surface area contributed by atoms with Crippen LogP contribution in [0.1, 0.15) is 13.3 Å². The monoisotopic (exact) mass is 225 g/mol. The molecule has 4 heteroatoms. The molecule has 0 spiro atoms. The van der Waals surface area contributed by atoms with Gasteiger partial charge in [0.1, 0.15) is 11.0 Å². The maximum absolute atomic E-state index is 5.83. The number of nitrogens with zero attached hydrogens (tertiary/aromatic N) is 2. The van der Waals surface area contributed by atoms with Crippen LogP contribution in [0.2, 0.25) is 5.15 Å². The molecule has 2 rings (SSSR count). The molecule has 0 bridgehead atoms. The summed E-state index contributed by atoms with van der Waals surface area (Å²) in [5.41, 5.74) is 0. The van der Waals surface area contributed by atoms with E-state index in [0.717, 1.165) is 18.8 Å². The summed E-state index contributed by atoms with van der Waals surface area (Å²) in [6, 6.07) is 6.78. The van der Waals surface area contributed by atoms with Gasteiger partial charge in [0.15, 0.2) is 0 Å². The highest BCUT2D eigenvalue weighted by Gasteiger charge is 2.25. The summed E-state index contributed by atoms with van der Waals surface area (Å²) in [6.07, 6.45) is 1.16. The number of pyridine rings is 1. The molecular formula is C11H16ClN3. The van der Waals surface area contributed by atoms with Crippen molar-refractivity contribution in [2.45, 2.75) is 25.4 Å². The second-order valence-electron chi connectivity index (χ2n) is 4.21. The van der Waals surface area contributed by atoms with Crippen LogP contribution < -0.4 is 5.32 Å². The largest absolute Gasteiger partial charge is 0.366 e. The van der Waals surface area contributed by atoms with E-state index in [1.165, 1.54) is 0 Å². The second-order valence-corrected chi connectivity index (χ2v) is 4.60. The van der Waals surface area contributed by atoms with Crippen LogP contribution in [0.4, 0.5) is 5.82 Å². The van der Waals surface area contributed by atoms with E-state index >= 15 is 0 Å². The quantitative estimate of drug-likeness (QED) is 0.783. The number of likely N-dealkylation sites (N-methyl/N-ethyl adjacent to an activating group) is 1. The molecule has 0 saturated carbocycles. The van der Waals surface area contributed by atoms with Crippen molar-refractivity contribution in [2.75, 3.05) is 18.9 Å². The zero-order valence-corrected chi connectivity index (χ0v) is 9.83. The number of halogens is 1. The van der Waals surface area contributed by atoms with Gasteiger partial charge in [-0.05, 0) is 32.5 Å². The Hall–Kier alpha value is -0.800. The lowest BCUT2D eigenvalue weighted by Gasteiger charge is -2.13. The normalized spacial score (nSPS) is 26.9. The van der Waals surface area contributed by atoms with E-state index in [0.29, 0.717) is 17.2 Å². The van der Waals surface area contributed by atoms with E-state index in [1.54, 1.807) is 6.07 Å². The molecule has 2 unspecified atom stereocenters. The van der Waals surface area contributed by atoms with Crippen molar-refractivity contribution in [2.24, 2.45) is 0 Å². The van der Waals surface area contributed by atoms with Crippen LogP contribution in [0.25, 0.3) is 0 Å². The van der Waals surface area contributed by atoms with Crippen molar-refractivity contribution < 1.29 is 0 Å². The molecule has 3 nitrogen and oxygen atoms in total. The summed E-state index contributed by atoms with van der Waals surface area (Å²) in [5.74, 6) is 0.870. The van der Waals surface area contributed by atoms with Gasteiger partial charge in [-0.25, -0.2) is 4.98 Å². The van der Waals surface area contributed by atoms with E-state index in [1.807, 2.05) is 12.1 Å². The molecule has 0 amide bonds. The minimum atomic E-state index is 0.482. The summed E-state index contributed by atoms with van der Waals surface area (Å²) >= 11 is 5.83. The lowest BCUT2D eigenvalue weighted by molar-refractivity contribution is 0.330. The summed E-state index contributed by atoms with van der Waals surface area (Å²) in [6.45, 7) is 3.31. The topological polar surface area (TPSA) is 28.2 Å². The number of likely N-dealkylation sites (tertiary alicyclic amines) is 1. The maximum atomic E-state index is 5.83. The molecule has 2 heterocycles. The van der Waals surface area contributed by atoms with Crippen LogP contribution in [-0.4, -0.2) is 35.6 Å². The Bertz CT molecular complexity index is 332. The molecule has 1 aromatic heterocycles. The van der Waals surface area contributed by atoms with Gasteiger partial charge in [-0.2, -0.15) is 0 Å². The molecule has 1 N–H and O–H groups in total. The van der Waals surface area contributed by atoms with E-state index in [2.05, 4.69) is 29.2 Å². The minimum absolute atomic E-state index is 0.482. The second kappa shape index (κ2) is 4.37. The van der Waals surface area contributed by atoms with E-state index in [4.69, 9.17) is 11.6 Å². The zero-order chi connectivity index (χ0) is 10.8. The fraction of sp³-hybridized carbons (Fsp3) is 0.545. The zero-order valence-electron chi connectivity index (χ0n) is 9.07. The van der Waals surface area contributed by atoms with Crippen molar-refractivity contribution >= 4 is 17.4 Å². The molecule has 1 aliphatic heterocycles. The number of hydrogen-bond acceptors (Lipinski definition) is 3. The Balaban J connectivity index is 1.98. The van der Waals surface area contributed by atoms with Gasteiger partial charge in [0.25, 0.3) is 0 Å². The van der Waals surface area contributed by atoms with Crippen molar-refractivity contribution in [1.82, 2.24) is 9.88 Å². The molecule has 0 radical (unpaired) electrons. The molecule has 0 aromatic carbocycles. The highest BCUT2D eigenvalue weighted by molar-refractivity contribution is 6.29. The number of nitrogens with one attached hydrogen (secondary N) is 1. The molecule has 2 atom stereocenters. The molecular weight excluding hydrogens is 210 g/mol. The van der Waals surface area contributed by atoms with Crippen LogP contribution in [-0.2, 0) is 0 Å². The summed E-state index contributed by atoms with van der Waals surface area (Å²) in [5, 5.41) is 3.95. The van der Waals surface area contributed by atoms with Gasteiger partial charge in [0, 0.05) is 18.6 Å². The molecule has 0 aliphatic carbocycles. The van der Waals surface area contributed by atoms with Crippen LogP contribution in [0.3, 0.4) is 0 Å². The van der Waals surface area contributed by atoms with E-state index < -0.39 is 0 Å². The Morgan fingerprint density at radius 1 is 1.53 bits per heavy atom. The Morgan fingerprint density at radius 3 is 2.93 bits per heavy atom. The van der Waals surface area contributed by atoms with Crippen LogP contribution in [0.5, 0.6) is 0 Å². The van der Waals surface area contributed by atoms with Crippen LogP contribution in [0.15, 0.2) is 18.2 Å². The van der Waals surface area contributed by atoms with Gasteiger partial charge in [-0.15, -0.1) is 0 Å². The first-order valence-electron chi connectivity index (χ1n) is 5.24. The predicted octanol–water partition coefficient (Wildman–Crippen LogP) is 2.24. The van der Waals surface area contributed by atoms with Gasteiger partial charge in [-0.3, -0.25) is 0 Å². The van der Waals surface area contributed by atoms with E-state index in [9.17, 15) is 0 Å². The smallest absolute Gasteiger partial charge is 0.131 e. The van der Waals surface area contributed by atoms with E-state index in [-0.39, 0.29) is 0 Å². The first-order valence-corrected chi connectivity index (χ1v) is 5.62. The highest BCUT2D eigenvalue weighted by atomic mass is 35.5. The summed E-state index contributed by atoms with van der Waals surface area (Å²) < 4.78 is 0. The van der Waals surface area contributed by atoms with Gasteiger partial charge < -0.3 is 10.2 Å². The standard InChI is InChI=1S/C11H16ClN3/c1-8-6-9(7-15(8)2)13-11-5-3-4-10(12)14-11/h3-5,8-9H,6-7H2,1-2H3,(H,13,14). The average molecular weight is 226 g/mol. The minimum Gasteiger partial charge on any atom is -0.366 e. The van der Waals surface area contributed by atoms with Gasteiger partial charge >= 0.3 is 0 Å². The number of anilines is 1. The molecule has 1 saturated heterocycles. The molecule has 1 fully saturated rings. The third-order valence-electron chi connectivity index (χ3n) is 2.95. The third-order valence-corrected chi connectivity index (χ3v) is 3.16. The lowest BCUT2D eigenvalue weighted by atomic mass is 10.2. The highest BCUT2D eigenvalue weighted by Crippen LogP contribution is 2.19. The van der Waals surface area contributed by atoms with Gasteiger partial charge in [0.2, 0.25) is 0 Å². The fourth-order valence-corrected chi connectivity index (χ4v) is 2.16. The van der Waals surface area contributed by atoms with Gasteiger partial charge in [0.05, 0.1) is 0 Å². The summed E-state index contributed by atoms with van der Waals surface area (Å²) in [4.78, 5) is 6.57. The van der Waals surface area contributed by atoms with Crippen molar-refractivity contribution in [3.8, 4) is 0 Å². The average Bonchev–Trinajstić information content (AvgIpc) is 2.45. The molecule has 1 aliphatic rings. The Labute approximate surface area is 95.4 Å². The summed E-state index contributed by atoms with van der Waals surface area (Å²) in [7, 11) is 2.15. The molecule has 1 aromatic rings. The Kier molecular flexibility index (Phi) is 3.12. The van der Waals surface area contributed by atoms with Gasteiger partial charge in [-0.1, -0.05) is 17.7 Å². The first kappa shape index (κ1) is 10.7. The number of rotatable bonds is 2. The molecule has 15 heavy (non-hydrogen) atoms. The van der Waals surface area contributed by atoms with Crippen LogP contribution in [0, 0.1) is 0 Å². The first-order chi connectivity index (χ1) is 7.15. The Morgan fingerprint density at radius 2 is 2.33 bits per heavy atom. The third kappa shape index (κ3) is 2.61.